The minimum absolute atomic E-state index is 0.0511. The van der Waals surface area contributed by atoms with Gasteiger partial charge in [-0.05, 0) is 158 Å². The number of hydrogen-bond donors (Lipinski definition) is 3. The summed E-state index contributed by atoms with van der Waals surface area (Å²) >= 11 is 0. The van der Waals surface area contributed by atoms with E-state index in [0.717, 1.165) is 55.3 Å². The normalized spacial score (nSPS) is 38.4. The zero-order valence-electron chi connectivity index (χ0n) is 34.0. The van der Waals surface area contributed by atoms with Crippen LogP contribution >= 0.6 is 0 Å². The standard InChI is InChI=1S/C47H67N3O3/c1-30(2)35-19-24-47(42(53)49-29-32-11-10-12-33(27-32)41(52)48-28-31-13-15-34(16-14-31)50(8)9)26-25-45(6)36(40(35)47)17-18-38-44(5)22-21-39(51)43(3,4)37(44)20-23-46(38,45)7/h10-16,27,35-40,51H,1,17-26,28-29H2,2-9H3,(H,48,52)(H,49,53)/t35-,36?,37?,38?,39?,40?,44?,45+,46?,47?/m0/s1. The predicted molar refractivity (Wildman–Crippen MR) is 215 cm³/mol. The van der Waals surface area contributed by atoms with Gasteiger partial charge < -0.3 is 20.6 Å². The maximum absolute atomic E-state index is 14.7. The molecule has 10 atom stereocenters. The van der Waals surface area contributed by atoms with Crippen molar-refractivity contribution in [3.8, 4) is 0 Å². The van der Waals surface area contributed by atoms with Gasteiger partial charge in [-0.1, -0.05) is 71.0 Å². The molecule has 0 spiro atoms. The number of fused-ring (bicyclic) bond motifs is 7. The first kappa shape index (κ1) is 38.2. The van der Waals surface area contributed by atoms with E-state index in [-0.39, 0.29) is 45.0 Å². The Hall–Kier alpha value is -3.12. The van der Waals surface area contributed by atoms with Crippen LogP contribution in [0.25, 0.3) is 0 Å². The summed E-state index contributed by atoms with van der Waals surface area (Å²) in [6.45, 7) is 20.1. The lowest BCUT2D eigenvalue weighted by Gasteiger charge is -2.72. The van der Waals surface area contributed by atoms with Crippen molar-refractivity contribution in [1.29, 1.82) is 0 Å². The van der Waals surface area contributed by atoms with Crippen molar-refractivity contribution in [2.24, 2.45) is 56.7 Å². The number of nitrogens with one attached hydrogen (secondary N) is 2. The minimum Gasteiger partial charge on any atom is -0.393 e. The van der Waals surface area contributed by atoms with Gasteiger partial charge in [0.15, 0.2) is 0 Å². The van der Waals surface area contributed by atoms with Crippen LogP contribution in [-0.4, -0.2) is 37.1 Å². The Bertz CT molecular complexity index is 1730. The first-order valence-corrected chi connectivity index (χ1v) is 20.7. The highest BCUT2D eigenvalue weighted by atomic mass is 16.3. The summed E-state index contributed by atoms with van der Waals surface area (Å²) in [7, 11) is 4.03. The first-order chi connectivity index (χ1) is 25.0. The molecule has 5 aliphatic carbocycles. The minimum atomic E-state index is -0.383. The summed E-state index contributed by atoms with van der Waals surface area (Å²) in [6.07, 6.45) is 10.6. The van der Waals surface area contributed by atoms with Gasteiger partial charge in [0.05, 0.1) is 11.5 Å². The summed E-state index contributed by atoms with van der Waals surface area (Å²) in [5, 5.41) is 17.6. The molecule has 5 aliphatic rings. The van der Waals surface area contributed by atoms with Crippen LogP contribution < -0.4 is 15.5 Å². The van der Waals surface area contributed by atoms with Crippen LogP contribution in [0.3, 0.4) is 0 Å². The zero-order valence-corrected chi connectivity index (χ0v) is 34.0. The number of aliphatic hydroxyl groups is 1. The Labute approximate surface area is 320 Å². The number of amides is 2. The first-order valence-electron chi connectivity index (χ1n) is 20.7. The summed E-state index contributed by atoms with van der Waals surface area (Å²) in [5.41, 5.74) is 5.15. The molecule has 6 nitrogen and oxygen atoms in total. The van der Waals surface area contributed by atoms with E-state index < -0.39 is 0 Å². The number of benzene rings is 2. The van der Waals surface area contributed by atoms with Crippen LogP contribution in [0.4, 0.5) is 5.69 Å². The summed E-state index contributed by atoms with van der Waals surface area (Å²) < 4.78 is 0. The highest BCUT2D eigenvalue weighted by Crippen LogP contribution is 2.77. The van der Waals surface area contributed by atoms with E-state index in [0.29, 0.717) is 48.2 Å². The molecular weight excluding hydrogens is 655 g/mol. The van der Waals surface area contributed by atoms with Crippen molar-refractivity contribution < 1.29 is 14.7 Å². The largest absolute Gasteiger partial charge is 0.393 e. The second kappa shape index (κ2) is 13.6. The van der Waals surface area contributed by atoms with Crippen molar-refractivity contribution in [3.63, 3.8) is 0 Å². The van der Waals surface area contributed by atoms with Crippen LogP contribution in [-0.2, 0) is 17.9 Å². The number of rotatable bonds is 8. The molecule has 5 fully saturated rings. The van der Waals surface area contributed by atoms with Crippen molar-refractivity contribution in [3.05, 3.63) is 77.4 Å². The molecule has 0 saturated heterocycles. The Morgan fingerprint density at radius 3 is 2.21 bits per heavy atom. The summed E-state index contributed by atoms with van der Waals surface area (Å²) in [6, 6.07) is 15.9. The van der Waals surface area contributed by atoms with Gasteiger partial charge in [0, 0.05) is 38.4 Å². The number of carbonyl (C=O) groups is 2. The maximum Gasteiger partial charge on any atom is 0.251 e. The van der Waals surface area contributed by atoms with Crippen LogP contribution in [0.15, 0.2) is 60.7 Å². The third-order valence-electron chi connectivity index (χ3n) is 17.0. The predicted octanol–water partition coefficient (Wildman–Crippen LogP) is 9.32. The molecule has 7 rings (SSSR count). The summed E-state index contributed by atoms with van der Waals surface area (Å²) in [4.78, 5) is 30.0. The molecule has 2 aromatic carbocycles. The van der Waals surface area contributed by atoms with Gasteiger partial charge in [0.2, 0.25) is 5.91 Å². The average molecular weight is 722 g/mol. The van der Waals surface area contributed by atoms with Crippen molar-refractivity contribution in [2.45, 2.75) is 125 Å². The maximum atomic E-state index is 14.7. The molecule has 2 amide bonds. The molecule has 6 heteroatoms. The third-order valence-corrected chi connectivity index (χ3v) is 17.0. The summed E-state index contributed by atoms with van der Waals surface area (Å²) in [5.74, 6) is 2.44. The number of hydrogen-bond acceptors (Lipinski definition) is 4. The average Bonchev–Trinajstić information content (AvgIpc) is 3.53. The molecule has 5 saturated carbocycles. The van der Waals surface area contributed by atoms with E-state index in [2.05, 4.69) is 75.8 Å². The topological polar surface area (TPSA) is 81.7 Å². The molecule has 0 heterocycles. The van der Waals surface area contributed by atoms with Gasteiger partial charge in [0.1, 0.15) is 0 Å². The third kappa shape index (κ3) is 5.99. The van der Waals surface area contributed by atoms with Gasteiger partial charge in [0.25, 0.3) is 5.91 Å². The van der Waals surface area contributed by atoms with E-state index in [4.69, 9.17) is 0 Å². The number of aliphatic hydroxyl groups excluding tert-OH is 1. The van der Waals surface area contributed by atoms with Gasteiger partial charge in [-0.2, -0.15) is 0 Å². The van der Waals surface area contributed by atoms with E-state index in [1.165, 1.54) is 31.3 Å². The van der Waals surface area contributed by atoms with Gasteiger partial charge >= 0.3 is 0 Å². The van der Waals surface area contributed by atoms with E-state index in [9.17, 15) is 14.7 Å². The van der Waals surface area contributed by atoms with Gasteiger partial charge in [-0.25, -0.2) is 0 Å². The van der Waals surface area contributed by atoms with E-state index in [1.54, 1.807) is 0 Å². The lowest BCUT2D eigenvalue weighted by Crippen LogP contribution is -2.67. The molecule has 0 bridgehead atoms. The van der Waals surface area contributed by atoms with Crippen LogP contribution in [0.2, 0.25) is 0 Å². The number of allylic oxidation sites excluding steroid dienone is 1. The van der Waals surface area contributed by atoms with E-state index >= 15 is 0 Å². The molecular formula is C47H67N3O3. The molecule has 0 aromatic heterocycles. The Morgan fingerprint density at radius 2 is 1.51 bits per heavy atom. The molecule has 0 radical (unpaired) electrons. The number of nitrogens with zero attached hydrogens (tertiary/aromatic N) is 1. The monoisotopic (exact) mass is 722 g/mol. The fourth-order valence-corrected chi connectivity index (χ4v) is 13.9. The van der Waals surface area contributed by atoms with E-state index in [1.807, 2.05) is 50.5 Å². The molecule has 0 aliphatic heterocycles. The fourth-order valence-electron chi connectivity index (χ4n) is 13.9. The fraction of sp³-hybridized carbons (Fsp3) is 0.660. The van der Waals surface area contributed by atoms with Gasteiger partial charge in [-0.3, -0.25) is 9.59 Å². The molecule has 3 N–H and O–H groups in total. The highest BCUT2D eigenvalue weighted by molar-refractivity contribution is 5.94. The van der Waals surface area contributed by atoms with Crippen molar-refractivity contribution in [2.75, 3.05) is 19.0 Å². The molecule has 288 valence electrons. The highest BCUT2D eigenvalue weighted by Gasteiger charge is 2.71. The second-order valence-electron chi connectivity index (χ2n) is 19.8. The quantitative estimate of drug-likeness (QED) is 0.238. The molecule has 53 heavy (non-hydrogen) atoms. The Kier molecular flexibility index (Phi) is 9.77. The smallest absolute Gasteiger partial charge is 0.251 e. The zero-order chi connectivity index (χ0) is 38.1. The molecule has 2 aromatic rings. The van der Waals surface area contributed by atoms with Crippen molar-refractivity contribution >= 4 is 17.5 Å². The SMILES string of the molecule is C=C(C)[C@@H]1CCC2(C(=O)NCc3cccc(C(=O)NCc4ccc(N(C)C)cc4)c3)CC[C@]3(C)C(CCC4C5(C)CCC(O)C(C)(C)C5CCC43C)C12. The number of carbonyl (C=O) groups excluding carboxylic acids is 2. The van der Waals surface area contributed by atoms with Crippen LogP contribution in [0, 0.1) is 56.7 Å². The number of anilines is 1. The lowest BCUT2D eigenvalue weighted by molar-refractivity contribution is -0.246. The lowest BCUT2D eigenvalue weighted by atomic mass is 9.32. The second-order valence-corrected chi connectivity index (χ2v) is 19.8. The molecule has 8 unspecified atom stereocenters. The van der Waals surface area contributed by atoms with Gasteiger partial charge in [-0.15, -0.1) is 0 Å². The van der Waals surface area contributed by atoms with Crippen LogP contribution in [0.1, 0.15) is 127 Å². The Balaban J connectivity index is 1.07. The van der Waals surface area contributed by atoms with Crippen molar-refractivity contribution in [1.82, 2.24) is 10.6 Å². The van der Waals surface area contributed by atoms with Crippen LogP contribution in [0.5, 0.6) is 0 Å². The Morgan fingerprint density at radius 1 is 0.792 bits per heavy atom.